The van der Waals surface area contributed by atoms with Gasteiger partial charge in [-0.2, -0.15) is 0 Å². The first-order chi connectivity index (χ1) is 9.08. The van der Waals surface area contributed by atoms with Crippen LogP contribution in [0.3, 0.4) is 0 Å². The zero-order chi connectivity index (χ0) is 13.6. The number of ether oxygens (including phenoxy) is 1. The van der Waals surface area contributed by atoms with Gasteiger partial charge in [0.05, 0.1) is 12.0 Å². The summed E-state index contributed by atoms with van der Waals surface area (Å²) in [6, 6.07) is 1.99. The lowest BCUT2D eigenvalue weighted by atomic mass is 9.62. The van der Waals surface area contributed by atoms with Crippen LogP contribution >= 0.6 is 0 Å². The molecule has 0 N–H and O–H groups in total. The Morgan fingerprint density at radius 3 is 2.79 bits per heavy atom. The molecule has 0 saturated heterocycles. The van der Waals surface area contributed by atoms with Crippen LogP contribution in [0.25, 0.3) is 0 Å². The number of carbonyl (C=O) groups is 2. The van der Waals surface area contributed by atoms with Crippen molar-refractivity contribution in [2.75, 3.05) is 6.61 Å². The molecule has 1 aliphatic carbocycles. The van der Waals surface area contributed by atoms with Crippen LogP contribution in [0.2, 0.25) is 0 Å². The van der Waals surface area contributed by atoms with Gasteiger partial charge in [0.2, 0.25) is 0 Å². The van der Waals surface area contributed by atoms with E-state index in [-0.39, 0.29) is 43.0 Å². The summed E-state index contributed by atoms with van der Waals surface area (Å²) in [6.07, 6.45) is 1.27. The Kier molecular flexibility index (Phi) is 2.66. The van der Waals surface area contributed by atoms with Crippen molar-refractivity contribution in [1.29, 1.82) is 0 Å². The van der Waals surface area contributed by atoms with Gasteiger partial charge in [-0.1, -0.05) is 0 Å². The van der Waals surface area contributed by atoms with Gasteiger partial charge < -0.3 is 9.53 Å². The molecule has 0 amide bonds. The van der Waals surface area contributed by atoms with Crippen LogP contribution in [0.5, 0.6) is 5.75 Å². The van der Waals surface area contributed by atoms with Gasteiger partial charge in [-0.3, -0.25) is 4.79 Å². The van der Waals surface area contributed by atoms with Gasteiger partial charge in [-0.25, -0.2) is 8.78 Å². The maximum absolute atomic E-state index is 14.1. The molecule has 100 valence electrons. The summed E-state index contributed by atoms with van der Waals surface area (Å²) in [5.41, 5.74) is -1.15. The number of benzene rings is 1. The minimum atomic E-state index is -1.13. The molecule has 5 heteroatoms. The molecule has 0 aromatic heterocycles. The van der Waals surface area contributed by atoms with E-state index in [2.05, 4.69) is 0 Å². The summed E-state index contributed by atoms with van der Waals surface area (Å²) in [4.78, 5) is 23.1. The first-order valence-corrected chi connectivity index (χ1v) is 6.18. The van der Waals surface area contributed by atoms with Crippen molar-refractivity contribution in [3.63, 3.8) is 0 Å². The van der Waals surface area contributed by atoms with Gasteiger partial charge in [0.1, 0.15) is 17.9 Å². The first-order valence-electron chi connectivity index (χ1n) is 6.18. The van der Waals surface area contributed by atoms with Gasteiger partial charge in [0, 0.05) is 24.3 Å². The third-order valence-corrected chi connectivity index (χ3v) is 4.18. The number of aldehydes is 1. The highest BCUT2D eigenvalue weighted by Crippen LogP contribution is 2.49. The highest BCUT2D eigenvalue weighted by Gasteiger charge is 2.51. The Hall–Kier alpha value is -1.78. The van der Waals surface area contributed by atoms with E-state index in [1.54, 1.807) is 0 Å². The lowest BCUT2D eigenvalue weighted by Gasteiger charge is -2.43. The molecule has 1 aromatic rings. The summed E-state index contributed by atoms with van der Waals surface area (Å²) >= 11 is 0. The van der Waals surface area contributed by atoms with Gasteiger partial charge >= 0.3 is 0 Å². The Labute approximate surface area is 108 Å². The Bertz CT molecular complexity index is 570. The predicted octanol–water partition coefficient (Wildman–Crippen LogP) is 2.16. The molecule has 2 atom stereocenters. The van der Waals surface area contributed by atoms with Gasteiger partial charge in [0.15, 0.2) is 11.6 Å². The predicted molar refractivity (Wildman–Crippen MR) is 61.9 cm³/mol. The van der Waals surface area contributed by atoms with Crippen LogP contribution in [0.15, 0.2) is 12.1 Å². The third kappa shape index (κ3) is 1.60. The minimum Gasteiger partial charge on any atom is -0.490 e. The molecule has 3 rings (SSSR count). The molecule has 3 nitrogen and oxygen atoms in total. The van der Waals surface area contributed by atoms with Gasteiger partial charge in [0.25, 0.3) is 0 Å². The van der Waals surface area contributed by atoms with E-state index >= 15 is 0 Å². The second kappa shape index (κ2) is 4.11. The van der Waals surface area contributed by atoms with Crippen LogP contribution in [0, 0.1) is 17.6 Å². The maximum Gasteiger partial charge on any atom is 0.165 e. The Morgan fingerprint density at radius 2 is 2.05 bits per heavy atom. The fourth-order valence-corrected chi connectivity index (χ4v) is 3.15. The molecule has 2 aliphatic rings. The van der Waals surface area contributed by atoms with E-state index in [9.17, 15) is 18.4 Å². The molecule has 1 aliphatic heterocycles. The smallest absolute Gasteiger partial charge is 0.165 e. The van der Waals surface area contributed by atoms with Gasteiger partial charge in [-0.15, -0.1) is 0 Å². The molecular formula is C14H12F2O3. The lowest BCUT2D eigenvalue weighted by molar-refractivity contribution is -0.128. The van der Waals surface area contributed by atoms with E-state index in [4.69, 9.17) is 4.74 Å². The number of hydrogen-bond acceptors (Lipinski definition) is 3. The van der Waals surface area contributed by atoms with E-state index in [1.807, 2.05) is 0 Å². The summed E-state index contributed by atoms with van der Waals surface area (Å²) in [7, 11) is 0. The zero-order valence-electron chi connectivity index (χ0n) is 10.1. The molecule has 1 saturated carbocycles. The minimum absolute atomic E-state index is 0.0220. The number of ketones is 1. The third-order valence-electron chi connectivity index (χ3n) is 4.18. The molecular weight excluding hydrogens is 254 g/mol. The fraction of sp³-hybridized carbons (Fsp3) is 0.429. The summed E-state index contributed by atoms with van der Waals surface area (Å²) in [5.74, 6) is -1.88. The molecule has 0 radical (unpaired) electrons. The molecule has 1 unspecified atom stereocenters. The molecule has 0 spiro atoms. The normalized spacial score (nSPS) is 29.2. The molecule has 19 heavy (non-hydrogen) atoms. The quantitative estimate of drug-likeness (QED) is 0.732. The number of fused-ring (bicyclic) bond motifs is 3. The second-order valence-corrected chi connectivity index (χ2v) is 5.14. The summed E-state index contributed by atoms with van der Waals surface area (Å²) < 4.78 is 33.0. The second-order valence-electron chi connectivity index (χ2n) is 5.14. The fourth-order valence-electron chi connectivity index (χ4n) is 3.15. The number of halogens is 2. The average Bonchev–Trinajstić information content (AvgIpc) is 2.42. The lowest BCUT2D eigenvalue weighted by Crippen LogP contribution is -2.48. The van der Waals surface area contributed by atoms with E-state index in [0.29, 0.717) is 6.29 Å². The van der Waals surface area contributed by atoms with Gasteiger partial charge in [-0.05, 0) is 18.6 Å². The first kappa shape index (κ1) is 12.3. The maximum atomic E-state index is 14.1. The van der Waals surface area contributed by atoms with Crippen LogP contribution < -0.4 is 4.74 Å². The SMILES string of the molecule is O=CC12CCC(=O)C[C@@H]1COc1c(F)ccc(F)c12. The van der Waals surface area contributed by atoms with Crippen molar-refractivity contribution >= 4 is 12.1 Å². The molecule has 1 heterocycles. The van der Waals surface area contributed by atoms with E-state index in [1.165, 1.54) is 0 Å². The summed E-state index contributed by atoms with van der Waals surface area (Å²) in [5, 5.41) is 0. The number of hydrogen-bond donors (Lipinski definition) is 0. The summed E-state index contributed by atoms with van der Waals surface area (Å²) in [6.45, 7) is 0.0673. The van der Waals surface area contributed by atoms with Crippen molar-refractivity contribution in [3.05, 3.63) is 29.3 Å². The topological polar surface area (TPSA) is 43.4 Å². The van der Waals surface area contributed by atoms with Crippen molar-refractivity contribution in [3.8, 4) is 5.75 Å². The molecule has 0 bridgehead atoms. The van der Waals surface area contributed by atoms with Crippen LogP contribution in [0.4, 0.5) is 8.78 Å². The number of carbonyl (C=O) groups excluding carboxylic acids is 2. The van der Waals surface area contributed by atoms with Crippen molar-refractivity contribution in [2.24, 2.45) is 5.92 Å². The molecule has 1 aromatic carbocycles. The average molecular weight is 266 g/mol. The highest BCUT2D eigenvalue weighted by molar-refractivity contribution is 5.84. The monoisotopic (exact) mass is 266 g/mol. The van der Waals surface area contributed by atoms with Crippen LogP contribution in [0.1, 0.15) is 24.8 Å². The van der Waals surface area contributed by atoms with E-state index < -0.39 is 23.0 Å². The van der Waals surface area contributed by atoms with Crippen LogP contribution in [-0.2, 0) is 15.0 Å². The van der Waals surface area contributed by atoms with Crippen molar-refractivity contribution < 1.29 is 23.1 Å². The Balaban J connectivity index is 2.22. The van der Waals surface area contributed by atoms with E-state index in [0.717, 1.165) is 12.1 Å². The molecule has 1 fully saturated rings. The van der Waals surface area contributed by atoms with Crippen molar-refractivity contribution in [1.82, 2.24) is 0 Å². The Morgan fingerprint density at radius 1 is 1.32 bits per heavy atom. The number of rotatable bonds is 1. The van der Waals surface area contributed by atoms with Crippen molar-refractivity contribution in [2.45, 2.75) is 24.7 Å². The number of Topliss-reactive ketones (excluding diaryl/α,β-unsaturated/α-hetero) is 1. The highest BCUT2D eigenvalue weighted by atomic mass is 19.1. The zero-order valence-corrected chi connectivity index (χ0v) is 10.1. The standard InChI is InChI=1S/C14H12F2O3/c15-10-1-2-11(16)13-12(10)14(7-17)4-3-9(18)5-8(14)6-19-13/h1-2,7-8H,3-6H2/t8-,14?/m1/s1. The largest absolute Gasteiger partial charge is 0.490 e. The van der Waals surface area contributed by atoms with Crippen LogP contribution in [-0.4, -0.2) is 18.7 Å².